The average molecular weight is 343 g/mol. The molecule has 24 heavy (non-hydrogen) atoms. The van der Waals surface area contributed by atoms with Gasteiger partial charge in [-0.05, 0) is 24.6 Å². The van der Waals surface area contributed by atoms with Crippen molar-refractivity contribution in [2.45, 2.75) is 38.4 Å². The normalized spacial score (nSPS) is 18.6. The van der Waals surface area contributed by atoms with Crippen LogP contribution in [0.1, 0.15) is 31.7 Å². The Morgan fingerprint density at radius 2 is 2.17 bits per heavy atom. The van der Waals surface area contributed by atoms with Crippen molar-refractivity contribution in [3.63, 3.8) is 0 Å². The third-order valence-electron chi connectivity index (χ3n) is 3.79. The molecule has 1 aliphatic rings. The van der Waals surface area contributed by atoms with Gasteiger partial charge in [-0.15, -0.1) is 0 Å². The summed E-state index contributed by atoms with van der Waals surface area (Å²) >= 11 is 0. The Balaban J connectivity index is 1.91. The van der Waals surface area contributed by atoms with E-state index in [0.717, 1.165) is 25.0 Å². The summed E-state index contributed by atoms with van der Waals surface area (Å²) in [7, 11) is 0. The van der Waals surface area contributed by atoms with E-state index in [9.17, 15) is 22.8 Å². The van der Waals surface area contributed by atoms with Crippen LogP contribution in [0, 0.1) is 0 Å². The number of hydrogen-bond acceptors (Lipinski definition) is 3. The minimum absolute atomic E-state index is 0.0519. The van der Waals surface area contributed by atoms with Crippen LogP contribution in [0.2, 0.25) is 0 Å². The van der Waals surface area contributed by atoms with Crippen molar-refractivity contribution in [2.75, 3.05) is 18.5 Å². The Morgan fingerprint density at radius 1 is 1.42 bits per heavy atom. The van der Waals surface area contributed by atoms with Gasteiger partial charge >= 0.3 is 6.18 Å². The van der Waals surface area contributed by atoms with Crippen molar-refractivity contribution in [2.24, 2.45) is 0 Å². The van der Waals surface area contributed by atoms with Crippen molar-refractivity contribution in [3.8, 4) is 0 Å². The Hall–Kier alpha value is -2.09. The van der Waals surface area contributed by atoms with Gasteiger partial charge in [0, 0.05) is 18.2 Å². The quantitative estimate of drug-likeness (QED) is 0.864. The third kappa shape index (κ3) is 4.95. The number of carbonyl (C=O) groups excluding carboxylic acids is 2. The second-order valence-electron chi connectivity index (χ2n) is 5.77. The molecule has 0 aromatic heterocycles. The first-order chi connectivity index (χ1) is 11.3. The summed E-state index contributed by atoms with van der Waals surface area (Å²) in [5.41, 5.74) is -0.783. The molecule has 2 rings (SSSR count). The molecule has 5 nitrogen and oxygen atoms in total. The second-order valence-corrected chi connectivity index (χ2v) is 5.77. The van der Waals surface area contributed by atoms with E-state index in [0.29, 0.717) is 6.42 Å². The standard InChI is InChI=1S/C16H20F3N3O2/c1-2-4-12-8-15(24)22(10-20-12)9-14(23)21-13-6-3-5-11(7-13)16(17,18)19/h3,5-7,12,20H,2,4,8-10H2,1H3,(H,21,23). The molecule has 1 aromatic carbocycles. The zero-order valence-corrected chi connectivity index (χ0v) is 13.3. The monoisotopic (exact) mass is 343 g/mol. The molecule has 1 fully saturated rings. The van der Waals surface area contributed by atoms with Crippen molar-refractivity contribution in [1.29, 1.82) is 0 Å². The fourth-order valence-electron chi connectivity index (χ4n) is 2.58. The number of amides is 2. The molecule has 0 spiro atoms. The maximum absolute atomic E-state index is 12.7. The maximum Gasteiger partial charge on any atom is 0.416 e. The zero-order valence-electron chi connectivity index (χ0n) is 13.3. The first-order valence-corrected chi connectivity index (χ1v) is 7.78. The fraction of sp³-hybridized carbons (Fsp3) is 0.500. The van der Waals surface area contributed by atoms with Gasteiger partial charge in [-0.2, -0.15) is 13.2 Å². The number of nitrogens with zero attached hydrogens (tertiary/aromatic N) is 1. The van der Waals surface area contributed by atoms with Gasteiger partial charge in [0.05, 0.1) is 12.2 Å². The molecule has 132 valence electrons. The lowest BCUT2D eigenvalue weighted by Crippen LogP contribution is -2.52. The summed E-state index contributed by atoms with van der Waals surface area (Å²) in [5, 5.41) is 5.57. The van der Waals surface area contributed by atoms with Crippen LogP contribution in [0.25, 0.3) is 0 Å². The lowest BCUT2D eigenvalue weighted by Gasteiger charge is -2.32. The number of anilines is 1. The molecule has 1 saturated heterocycles. The van der Waals surface area contributed by atoms with Crippen molar-refractivity contribution in [1.82, 2.24) is 10.2 Å². The predicted molar refractivity (Wildman–Crippen MR) is 83.1 cm³/mol. The van der Waals surface area contributed by atoms with Crippen LogP contribution < -0.4 is 10.6 Å². The Labute approximate surface area is 138 Å². The Morgan fingerprint density at radius 3 is 2.79 bits per heavy atom. The summed E-state index contributed by atoms with van der Waals surface area (Å²) in [6, 6.07) is 4.51. The summed E-state index contributed by atoms with van der Waals surface area (Å²) in [4.78, 5) is 25.3. The number of alkyl halides is 3. The Bertz CT molecular complexity index is 604. The number of benzene rings is 1. The molecular formula is C16H20F3N3O2. The first-order valence-electron chi connectivity index (χ1n) is 7.78. The molecule has 2 N–H and O–H groups in total. The van der Waals surface area contributed by atoms with Crippen LogP contribution >= 0.6 is 0 Å². The van der Waals surface area contributed by atoms with Gasteiger partial charge in [0.1, 0.15) is 6.54 Å². The molecular weight excluding hydrogens is 323 g/mol. The lowest BCUT2D eigenvalue weighted by molar-refractivity contribution is -0.138. The molecule has 8 heteroatoms. The topological polar surface area (TPSA) is 61.4 Å². The highest BCUT2D eigenvalue weighted by molar-refractivity contribution is 5.94. The maximum atomic E-state index is 12.7. The van der Waals surface area contributed by atoms with Crippen LogP contribution in [0.3, 0.4) is 0 Å². The highest BCUT2D eigenvalue weighted by Gasteiger charge is 2.30. The summed E-state index contributed by atoms with van der Waals surface area (Å²) in [6.07, 6.45) is -2.30. The van der Waals surface area contributed by atoms with E-state index >= 15 is 0 Å². The van der Waals surface area contributed by atoms with Crippen LogP contribution in [-0.2, 0) is 15.8 Å². The smallest absolute Gasteiger partial charge is 0.325 e. The van der Waals surface area contributed by atoms with E-state index in [1.165, 1.54) is 17.0 Å². The molecule has 1 aromatic rings. The Kier molecular flexibility index (Phi) is 5.82. The van der Waals surface area contributed by atoms with Gasteiger partial charge in [0.25, 0.3) is 0 Å². The second kappa shape index (κ2) is 7.65. The van der Waals surface area contributed by atoms with Gasteiger partial charge in [0.2, 0.25) is 11.8 Å². The van der Waals surface area contributed by atoms with Crippen LogP contribution in [0.15, 0.2) is 24.3 Å². The van der Waals surface area contributed by atoms with Crippen molar-refractivity contribution in [3.05, 3.63) is 29.8 Å². The number of nitrogens with one attached hydrogen (secondary N) is 2. The summed E-state index contributed by atoms with van der Waals surface area (Å²) in [6.45, 7) is 2.10. The minimum atomic E-state index is -4.47. The summed E-state index contributed by atoms with van der Waals surface area (Å²) < 4.78 is 38.0. The van der Waals surface area contributed by atoms with Gasteiger partial charge in [-0.25, -0.2) is 0 Å². The largest absolute Gasteiger partial charge is 0.416 e. The zero-order chi connectivity index (χ0) is 17.7. The molecule has 0 radical (unpaired) electrons. The third-order valence-corrected chi connectivity index (χ3v) is 3.79. The van der Waals surface area contributed by atoms with E-state index in [1.54, 1.807) is 0 Å². The number of halogens is 3. The predicted octanol–water partition coefficient (Wildman–Crippen LogP) is 2.59. The SMILES string of the molecule is CCCC1CC(=O)N(CC(=O)Nc2cccc(C(F)(F)F)c2)CN1. The minimum Gasteiger partial charge on any atom is -0.325 e. The highest BCUT2D eigenvalue weighted by atomic mass is 19.4. The van der Waals surface area contributed by atoms with E-state index in [-0.39, 0.29) is 30.8 Å². The van der Waals surface area contributed by atoms with Crippen molar-refractivity contribution >= 4 is 17.5 Å². The lowest BCUT2D eigenvalue weighted by atomic mass is 10.1. The van der Waals surface area contributed by atoms with E-state index < -0.39 is 17.6 Å². The number of rotatable bonds is 5. The number of hydrogen-bond donors (Lipinski definition) is 2. The fourth-order valence-corrected chi connectivity index (χ4v) is 2.58. The average Bonchev–Trinajstić information content (AvgIpc) is 2.50. The van der Waals surface area contributed by atoms with E-state index in [2.05, 4.69) is 10.6 Å². The highest BCUT2D eigenvalue weighted by Crippen LogP contribution is 2.30. The van der Waals surface area contributed by atoms with Gasteiger partial charge in [0.15, 0.2) is 0 Å². The molecule has 1 atom stereocenters. The first kappa shape index (κ1) is 18.3. The molecule has 0 bridgehead atoms. The number of carbonyl (C=O) groups is 2. The van der Waals surface area contributed by atoms with Crippen LogP contribution in [-0.4, -0.2) is 36.0 Å². The molecule has 0 saturated carbocycles. The van der Waals surface area contributed by atoms with Gasteiger partial charge < -0.3 is 10.2 Å². The van der Waals surface area contributed by atoms with Crippen LogP contribution in [0.4, 0.5) is 18.9 Å². The van der Waals surface area contributed by atoms with Gasteiger partial charge in [-0.3, -0.25) is 14.9 Å². The summed E-state index contributed by atoms with van der Waals surface area (Å²) in [5.74, 6) is -0.662. The van der Waals surface area contributed by atoms with Gasteiger partial charge in [-0.1, -0.05) is 19.4 Å². The van der Waals surface area contributed by atoms with E-state index in [4.69, 9.17) is 0 Å². The molecule has 1 aliphatic heterocycles. The van der Waals surface area contributed by atoms with Crippen LogP contribution in [0.5, 0.6) is 0 Å². The molecule has 0 aliphatic carbocycles. The molecule has 2 amide bonds. The van der Waals surface area contributed by atoms with E-state index in [1.807, 2.05) is 6.92 Å². The molecule has 1 heterocycles. The van der Waals surface area contributed by atoms with Crippen molar-refractivity contribution < 1.29 is 22.8 Å². The molecule has 1 unspecified atom stereocenters.